The number of hydrogen-bond acceptors (Lipinski definition) is 5. The maximum Gasteiger partial charge on any atom is 0.284 e. The molecule has 0 aliphatic carbocycles. The summed E-state index contributed by atoms with van der Waals surface area (Å²) < 4.78 is 5.51. The fraction of sp³-hybridized carbons (Fsp3) is 0.278. The number of carbonyl (C=O) groups is 1. The summed E-state index contributed by atoms with van der Waals surface area (Å²) in [5.41, 5.74) is 0.363. The number of nitrogens with one attached hydrogen (secondary N) is 1. The first-order valence-corrected chi connectivity index (χ1v) is 9.35. The number of amides is 1. The number of benzene rings is 2. The lowest BCUT2D eigenvalue weighted by atomic mass is 10.2. The van der Waals surface area contributed by atoms with Crippen LogP contribution < -0.4 is 5.32 Å². The molecule has 26 heavy (non-hydrogen) atoms. The molecule has 0 saturated carbocycles. The molecule has 1 aliphatic heterocycles. The largest absolute Gasteiger partial charge is 0.376 e. The number of hydrogen-bond donors (Lipinski definition) is 1. The number of ether oxygens (including phenoxy) is 1. The SMILES string of the molecule is O=C(NCC1CCCO1)c1ccccc1Sc1c(Cl)cccc1[N+](=O)[O-]. The van der Waals surface area contributed by atoms with Crippen LogP contribution in [-0.4, -0.2) is 30.1 Å². The Morgan fingerprint density at radius 3 is 2.85 bits per heavy atom. The number of nitrogens with zero attached hydrogens (tertiary/aromatic N) is 1. The summed E-state index contributed by atoms with van der Waals surface area (Å²) in [7, 11) is 0. The second kappa shape index (κ2) is 8.53. The third-order valence-electron chi connectivity index (χ3n) is 4.00. The van der Waals surface area contributed by atoms with Crippen molar-refractivity contribution in [3.05, 3.63) is 63.2 Å². The molecule has 0 aromatic heterocycles. The highest BCUT2D eigenvalue weighted by molar-refractivity contribution is 7.99. The topological polar surface area (TPSA) is 81.5 Å². The van der Waals surface area contributed by atoms with Gasteiger partial charge in [-0.3, -0.25) is 14.9 Å². The zero-order valence-corrected chi connectivity index (χ0v) is 15.4. The van der Waals surface area contributed by atoms with E-state index in [4.69, 9.17) is 16.3 Å². The van der Waals surface area contributed by atoms with Crippen LogP contribution in [0, 0.1) is 10.1 Å². The molecular formula is C18H17ClN2O4S. The summed E-state index contributed by atoms with van der Waals surface area (Å²) in [4.78, 5) is 24.3. The highest BCUT2D eigenvalue weighted by atomic mass is 35.5. The van der Waals surface area contributed by atoms with Crippen molar-refractivity contribution in [1.29, 1.82) is 0 Å². The van der Waals surface area contributed by atoms with Gasteiger partial charge in [0.15, 0.2) is 0 Å². The molecule has 3 rings (SSSR count). The third-order valence-corrected chi connectivity index (χ3v) is 5.64. The number of rotatable bonds is 6. The van der Waals surface area contributed by atoms with Gasteiger partial charge in [-0.1, -0.05) is 41.6 Å². The predicted molar refractivity (Wildman–Crippen MR) is 100.0 cm³/mol. The van der Waals surface area contributed by atoms with E-state index in [2.05, 4.69) is 5.32 Å². The van der Waals surface area contributed by atoms with E-state index in [0.717, 1.165) is 31.2 Å². The lowest BCUT2D eigenvalue weighted by molar-refractivity contribution is -0.387. The number of nitro benzene ring substituents is 1. The van der Waals surface area contributed by atoms with Crippen LogP contribution >= 0.6 is 23.4 Å². The highest BCUT2D eigenvalue weighted by Crippen LogP contribution is 2.40. The van der Waals surface area contributed by atoms with Crippen LogP contribution in [0.2, 0.25) is 5.02 Å². The Morgan fingerprint density at radius 2 is 2.12 bits per heavy atom. The van der Waals surface area contributed by atoms with Gasteiger partial charge in [-0.2, -0.15) is 0 Å². The number of carbonyl (C=O) groups excluding carboxylic acids is 1. The van der Waals surface area contributed by atoms with E-state index in [1.807, 2.05) is 0 Å². The van der Waals surface area contributed by atoms with Gasteiger partial charge in [0.2, 0.25) is 0 Å². The molecule has 1 heterocycles. The van der Waals surface area contributed by atoms with Crippen LogP contribution in [0.5, 0.6) is 0 Å². The van der Waals surface area contributed by atoms with Crippen LogP contribution in [-0.2, 0) is 4.74 Å². The van der Waals surface area contributed by atoms with E-state index in [0.29, 0.717) is 21.9 Å². The minimum absolute atomic E-state index is 0.0448. The van der Waals surface area contributed by atoms with Crippen molar-refractivity contribution in [3.63, 3.8) is 0 Å². The molecule has 8 heteroatoms. The van der Waals surface area contributed by atoms with Crippen molar-refractivity contribution in [2.75, 3.05) is 13.2 Å². The van der Waals surface area contributed by atoms with Crippen LogP contribution in [0.25, 0.3) is 0 Å². The molecule has 1 amide bonds. The van der Waals surface area contributed by atoms with Crippen molar-refractivity contribution in [2.24, 2.45) is 0 Å². The minimum atomic E-state index is -0.478. The first-order valence-electron chi connectivity index (χ1n) is 8.16. The molecule has 0 spiro atoms. The Labute approximate surface area is 160 Å². The Kier molecular flexibility index (Phi) is 6.13. The second-order valence-electron chi connectivity index (χ2n) is 5.79. The Bertz CT molecular complexity index is 825. The second-order valence-corrected chi connectivity index (χ2v) is 7.25. The van der Waals surface area contributed by atoms with Gasteiger partial charge in [0.25, 0.3) is 11.6 Å². The maximum atomic E-state index is 12.6. The predicted octanol–water partition coefficient (Wildman–Crippen LogP) is 4.31. The molecule has 0 bridgehead atoms. The number of halogens is 1. The number of nitro groups is 1. The summed E-state index contributed by atoms with van der Waals surface area (Å²) in [6.45, 7) is 1.17. The van der Waals surface area contributed by atoms with E-state index in [-0.39, 0.29) is 22.7 Å². The molecule has 1 saturated heterocycles. The van der Waals surface area contributed by atoms with E-state index < -0.39 is 4.92 Å². The molecule has 1 aliphatic rings. The fourth-order valence-electron chi connectivity index (χ4n) is 2.70. The van der Waals surface area contributed by atoms with Gasteiger partial charge in [-0.15, -0.1) is 0 Å². The molecule has 1 unspecified atom stereocenters. The Balaban J connectivity index is 1.81. The minimum Gasteiger partial charge on any atom is -0.376 e. The molecule has 1 atom stereocenters. The molecule has 1 fully saturated rings. The smallest absolute Gasteiger partial charge is 0.284 e. The molecule has 0 radical (unpaired) electrons. The van der Waals surface area contributed by atoms with E-state index >= 15 is 0 Å². The van der Waals surface area contributed by atoms with Crippen molar-refractivity contribution >= 4 is 35.0 Å². The summed E-state index contributed by atoms with van der Waals surface area (Å²) in [6.07, 6.45) is 1.98. The van der Waals surface area contributed by atoms with Crippen LogP contribution in [0.4, 0.5) is 5.69 Å². The fourth-order valence-corrected chi connectivity index (χ4v) is 4.04. The normalized spacial score (nSPS) is 16.4. The summed E-state index contributed by atoms with van der Waals surface area (Å²) in [6, 6.07) is 11.5. The maximum absolute atomic E-state index is 12.6. The van der Waals surface area contributed by atoms with Gasteiger partial charge >= 0.3 is 0 Å². The van der Waals surface area contributed by atoms with Crippen LogP contribution in [0.3, 0.4) is 0 Å². The van der Waals surface area contributed by atoms with Gasteiger partial charge in [0, 0.05) is 24.1 Å². The zero-order valence-electron chi connectivity index (χ0n) is 13.8. The Morgan fingerprint density at radius 1 is 1.31 bits per heavy atom. The van der Waals surface area contributed by atoms with Crippen molar-refractivity contribution in [3.8, 4) is 0 Å². The molecule has 6 nitrogen and oxygen atoms in total. The summed E-state index contributed by atoms with van der Waals surface area (Å²) in [5, 5.41) is 14.4. The lowest BCUT2D eigenvalue weighted by Crippen LogP contribution is -2.32. The van der Waals surface area contributed by atoms with Gasteiger partial charge in [0.05, 0.1) is 21.6 Å². The molecule has 2 aromatic rings. The third kappa shape index (κ3) is 4.35. The molecule has 2 aromatic carbocycles. The molecular weight excluding hydrogens is 376 g/mol. The monoisotopic (exact) mass is 392 g/mol. The van der Waals surface area contributed by atoms with Crippen molar-refractivity contribution in [2.45, 2.75) is 28.7 Å². The quantitative estimate of drug-likeness (QED) is 0.585. The van der Waals surface area contributed by atoms with Gasteiger partial charge in [-0.25, -0.2) is 0 Å². The van der Waals surface area contributed by atoms with Crippen molar-refractivity contribution < 1.29 is 14.5 Å². The first-order chi connectivity index (χ1) is 12.6. The van der Waals surface area contributed by atoms with Crippen LogP contribution in [0.1, 0.15) is 23.2 Å². The average Bonchev–Trinajstić information content (AvgIpc) is 3.15. The van der Waals surface area contributed by atoms with E-state index in [1.54, 1.807) is 30.3 Å². The molecule has 1 N–H and O–H groups in total. The first kappa shape index (κ1) is 18.7. The summed E-state index contributed by atoms with van der Waals surface area (Å²) in [5.74, 6) is -0.238. The van der Waals surface area contributed by atoms with Gasteiger partial charge in [-0.05, 0) is 31.0 Å². The van der Waals surface area contributed by atoms with E-state index in [9.17, 15) is 14.9 Å². The summed E-state index contributed by atoms with van der Waals surface area (Å²) >= 11 is 7.28. The van der Waals surface area contributed by atoms with Crippen molar-refractivity contribution in [1.82, 2.24) is 5.32 Å². The zero-order chi connectivity index (χ0) is 18.5. The van der Waals surface area contributed by atoms with Gasteiger partial charge < -0.3 is 10.1 Å². The lowest BCUT2D eigenvalue weighted by Gasteiger charge is -2.13. The van der Waals surface area contributed by atoms with Gasteiger partial charge in [0.1, 0.15) is 4.90 Å². The van der Waals surface area contributed by atoms with Crippen LogP contribution in [0.15, 0.2) is 52.3 Å². The molecule has 136 valence electrons. The standard InChI is InChI=1S/C18H17ClN2O4S/c19-14-7-3-8-15(21(23)24)17(14)26-16-9-2-1-6-13(16)18(22)20-11-12-5-4-10-25-12/h1-3,6-9,12H,4-5,10-11H2,(H,20,22). The highest BCUT2D eigenvalue weighted by Gasteiger charge is 2.22. The van der Waals surface area contributed by atoms with E-state index in [1.165, 1.54) is 12.1 Å². The average molecular weight is 393 g/mol. The Hall–Kier alpha value is -2.09.